The molecule has 1 atom stereocenters. The lowest BCUT2D eigenvalue weighted by molar-refractivity contribution is -0.117. The number of nitrogens with zero attached hydrogens (tertiary/aromatic N) is 1. The van der Waals surface area contributed by atoms with Crippen LogP contribution in [0.25, 0.3) is 0 Å². The topological polar surface area (TPSA) is 89.6 Å². The van der Waals surface area contributed by atoms with E-state index in [0.717, 1.165) is 35.5 Å². The van der Waals surface area contributed by atoms with Crippen molar-refractivity contribution in [1.82, 2.24) is 4.98 Å². The highest BCUT2D eigenvalue weighted by Gasteiger charge is 2.33. The fraction of sp³-hybridized carbons (Fsp3) is 0.261. The number of thiazole rings is 1. The fourth-order valence-electron chi connectivity index (χ4n) is 3.80. The molecule has 2 aliphatic rings. The number of fused-ring (bicyclic) bond motifs is 2. The minimum atomic E-state index is -0.312. The van der Waals surface area contributed by atoms with Gasteiger partial charge < -0.3 is 14.8 Å². The van der Waals surface area contributed by atoms with Gasteiger partial charge in [0, 0.05) is 16.1 Å². The standard InChI is InChI=1S/C23H21N3O4S/c1-2-13-3-6-15(7-4-13)24-22(28)16-8-10-19-20(16)25-23(31-19)26-21(27)14-5-9-17-18(11-14)30-12-29-17/h3-7,9,11,16H,2,8,10,12H2,1H3,(H,24,28)(H,25,26,27). The number of hydrogen-bond acceptors (Lipinski definition) is 6. The van der Waals surface area contributed by atoms with E-state index in [1.807, 2.05) is 24.3 Å². The highest BCUT2D eigenvalue weighted by molar-refractivity contribution is 7.16. The molecule has 0 radical (unpaired) electrons. The third-order valence-corrected chi connectivity index (χ3v) is 6.57. The average molecular weight is 436 g/mol. The molecule has 2 amide bonds. The molecule has 0 spiro atoms. The predicted molar refractivity (Wildman–Crippen MR) is 118 cm³/mol. The molecule has 2 aromatic carbocycles. The van der Waals surface area contributed by atoms with E-state index in [-0.39, 0.29) is 24.5 Å². The van der Waals surface area contributed by atoms with Crippen molar-refractivity contribution in [3.63, 3.8) is 0 Å². The number of carbonyl (C=O) groups is 2. The van der Waals surface area contributed by atoms with Gasteiger partial charge in [0.15, 0.2) is 16.6 Å². The Balaban J connectivity index is 1.27. The van der Waals surface area contributed by atoms with E-state index in [1.165, 1.54) is 16.9 Å². The van der Waals surface area contributed by atoms with Crippen molar-refractivity contribution in [3.8, 4) is 11.5 Å². The van der Waals surface area contributed by atoms with Gasteiger partial charge >= 0.3 is 0 Å². The summed E-state index contributed by atoms with van der Waals surface area (Å²) in [7, 11) is 0. The Morgan fingerprint density at radius 1 is 1.10 bits per heavy atom. The van der Waals surface area contributed by atoms with Crippen molar-refractivity contribution in [2.45, 2.75) is 32.1 Å². The Morgan fingerprint density at radius 3 is 2.71 bits per heavy atom. The minimum Gasteiger partial charge on any atom is -0.454 e. The summed E-state index contributed by atoms with van der Waals surface area (Å²) in [5.74, 6) is 0.527. The van der Waals surface area contributed by atoms with Crippen molar-refractivity contribution in [3.05, 3.63) is 64.2 Å². The Kier molecular flexibility index (Phi) is 5.07. The van der Waals surface area contributed by atoms with Crippen molar-refractivity contribution >= 4 is 34.0 Å². The van der Waals surface area contributed by atoms with Gasteiger partial charge in [0.2, 0.25) is 12.7 Å². The van der Waals surface area contributed by atoms with Crippen LogP contribution in [0.5, 0.6) is 11.5 Å². The van der Waals surface area contributed by atoms with E-state index < -0.39 is 0 Å². The predicted octanol–water partition coefficient (Wildman–Crippen LogP) is 4.36. The third-order valence-electron chi connectivity index (χ3n) is 5.52. The van der Waals surface area contributed by atoms with Gasteiger partial charge in [0.1, 0.15) is 0 Å². The zero-order chi connectivity index (χ0) is 21.4. The van der Waals surface area contributed by atoms with Crippen LogP contribution >= 0.6 is 11.3 Å². The summed E-state index contributed by atoms with van der Waals surface area (Å²) in [6.45, 7) is 2.25. The number of amides is 2. The molecule has 0 fully saturated rings. The Hall–Kier alpha value is -3.39. The molecule has 0 saturated heterocycles. The summed E-state index contributed by atoms with van der Waals surface area (Å²) >= 11 is 1.42. The van der Waals surface area contributed by atoms with Crippen LogP contribution in [0.15, 0.2) is 42.5 Å². The molecule has 31 heavy (non-hydrogen) atoms. The summed E-state index contributed by atoms with van der Waals surface area (Å²) in [5.41, 5.74) is 3.23. The van der Waals surface area contributed by atoms with Crippen LogP contribution in [0.2, 0.25) is 0 Å². The molecule has 2 N–H and O–H groups in total. The number of ether oxygens (including phenoxy) is 2. The quantitative estimate of drug-likeness (QED) is 0.622. The summed E-state index contributed by atoms with van der Waals surface area (Å²) in [6, 6.07) is 12.9. The van der Waals surface area contributed by atoms with E-state index in [4.69, 9.17) is 9.47 Å². The highest BCUT2D eigenvalue weighted by Crippen LogP contribution is 2.39. The molecule has 0 bridgehead atoms. The second kappa shape index (κ2) is 8.03. The Labute approximate surface area is 183 Å². The van der Waals surface area contributed by atoms with Crippen LogP contribution < -0.4 is 20.1 Å². The highest BCUT2D eigenvalue weighted by atomic mass is 32.1. The van der Waals surface area contributed by atoms with Crippen LogP contribution in [0.4, 0.5) is 10.8 Å². The van der Waals surface area contributed by atoms with Crippen molar-refractivity contribution in [2.75, 3.05) is 17.4 Å². The molecule has 1 aliphatic heterocycles. The SMILES string of the molecule is CCc1ccc(NC(=O)C2CCc3sc(NC(=O)c4ccc5c(c4)OCO5)nc32)cc1. The number of hydrogen-bond donors (Lipinski definition) is 2. The van der Waals surface area contributed by atoms with Gasteiger partial charge in [-0.25, -0.2) is 4.98 Å². The van der Waals surface area contributed by atoms with Crippen LogP contribution in [-0.2, 0) is 17.6 Å². The van der Waals surface area contributed by atoms with Crippen LogP contribution in [0, 0.1) is 0 Å². The van der Waals surface area contributed by atoms with Gasteiger partial charge in [-0.2, -0.15) is 0 Å². The summed E-state index contributed by atoms with van der Waals surface area (Å²) in [6.07, 6.45) is 2.46. The molecule has 3 aromatic rings. The normalized spacial score (nSPS) is 16.1. The third kappa shape index (κ3) is 3.86. The van der Waals surface area contributed by atoms with Crippen molar-refractivity contribution in [2.24, 2.45) is 0 Å². The van der Waals surface area contributed by atoms with Gasteiger partial charge in [-0.15, -0.1) is 11.3 Å². The van der Waals surface area contributed by atoms with Crippen LogP contribution in [0.1, 0.15) is 45.8 Å². The van der Waals surface area contributed by atoms with Gasteiger partial charge in [-0.05, 0) is 55.2 Å². The van der Waals surface area contributed by atoms with Crippen LogP contribution in [0.3, 0.4) is 0 Å². The molecule has 0 saturated carbocycles. The molecule has 1 unspecified atom stereocenters. The van der Waals surface area contributed by atoms with E-state index in [9.17, 15) is 9.59 Å². The number of anilines is 2. The minimum absolute atomic E-state index is 0.0676. The summed E-state index contributed by atoms with van der Waals surface area (Å²) in [5, 5.41) is 6.33. The van der Waals surface area contributed by atoms with E-state index in [2.05, 4.69) is 22.5 Å². The lowest BCUT2D eigenvalue weighted by Gasteiger charge is -2.11. The first kappa shape index (κ1) is 19.6. The molecule has 5 rings (SSSR count). The lowest BCUT2D eigenvalue weighted by Crippen LogP contribution is -2.20. The fourth-order valence-corrected chi connectivity index (χ4v) is 4.83. The number of rotatable bonds is 5. The molecular formula is C23H21N3O4S. The first-order valence-corrected chi connectivity index (χ1v) is 11.0. The maximum Gasteiger partial charge on any atom is 0.257 e. The molecule has 1 aliphatic carbocycles. The molecule has 1 aromatic heterocycles. The van der Waals surface area contributed by atoms with Gasteiger partial charge in [-0.3, -0.25) is 14.9 Å². The second-order valence-electron chi connectivity index (χ2n) is 7.48. The van der Waals surface area contributed by atoms with E-state index >= 15 is 0 Å². The summed E-state index contributed by atoms with van der Waals surface area (Å²) in [4.78, 5) is 31.1. The zero-order valence-electron chi connectivity index (χ0n) is 16.9. The number of nitrogens with one attached hydrogen (secondary N) is 2. The maximum atomic E-state index is 12.8. The first-order chi connectivity index (χ1) is 15.1. The maximum absolute atomic E-state index is 12.8. The molecular weight excluding hydrogens is 414 g/mol. The lowest BCUT2D eigenvalue weighted by atomic mass is 10.1. The Bertz CT molecular complexity index is 1160. The molecule has 7 nitrogen and oxygen atoms in total. The van der Waals surface area contributed by atoms with Crippen molar-refractivity contribution in [1.29, 1.82) is 0 Å². The second-order valence-corrected chi connectivity index (χ2v) is 8.56. The molecule has 2 heterocycles. The average Bonchev–Trinajstić information content (AvgIpc) is 3.49. The Morgan fingerprint density at radius 2 is 1.90 bits per heavy atom. The number of benzene rings is 2. The number of carbonyl (C=O) groups excluding carboxylic acids is 2. The van der Waals surface area contributed by atoms with Crippen LogP contribution in [-0.4, -0.2) is 23.6 Å². The summed E-state index contributed by atoms with van der Waals surface area (Å²) < 4.78 is 10.6. The van der Waals surface area contributed by atoms with Gasteiger partial charge in [0.25, 0.3) is 5.91 Å². The van der Waals surface area contributed by atoms with E-state index in [1.54, 1.807) is 18.2 Å². The smallest absolute Gasteiger partial charge is 0.257 e. The molecule has 8 heteroatoms. The monoisotopic (exact) mass is 435 g/mol. The van der Waals surface area contributed by atoms with Gasteiger partial charge in [-0.1, -0.05) is 19.1 Å². The molecule has 158 valence electrons. The number of aryl methyl sites for hydroxylation is 2. The first-order valence-electron chi connectivity index (χ1n) is 10.2. The zero-order valence-corrected chi connectivity index (χ0v) is 17.8. The number of aromatic nitrogens is 1. The van der Waals surface area contributed by atoms with Gasteiger partial charge in [0.05, 0.1) is 11.6 Å². The largest absolute Gasteiger partial charge is 0.454 e. The van der Waals surface area contributed by atoms with E-state index in [0.29, 0.717) is 22.2 Å². The van der Waals surface area contributed by atoms with Crippen molar-refractivity contribution < 1.29 is 19.1 Å².